The van der Waals surface area contributed by atoms with Gasteiger partial charge in [0.25, 0.3) is 0 Å². The van der Waals surface area contributed by atoms with E-state index in [1.54, 1.807) is 6.20 Å². The van der Waals surface area contributed by atoms with Crippen molar-refractivity contribution < 1.29 is 4.79 Å². The smallest absolute Gasteiger partial charge is 0.234 e. The average Bonchev–Trinajstić information content (AvgIpc) is 3.10. The average molecular weight is 376 g/mol. The van der Waals surface area contributed by atoms with Crippen molar-refractivity contribution >= 4 is 23.4 Å². The summed E-state index contributed by atoms with van der Waals surface area (Å²) in [5.41, 5.74) is 5.07. The second-order valence-corrected chi connectivity index (χ2v) is 7.24. The SMILES string of the molecule is Cc1cc(C)cc(-n2ccnc2SCC(=O)Nc2ccc(CC#N)cc2)c1. The van der Waals surface area contributed by atoms with Crippen LogP contribution < -0.4 is 5.32 Å². The van der Waals surface area contributed by atoms with E-state index in [-0.39, 0.29) is 11.7 Å². The lowest BCUT2D eigenvalue weighted by Gasteiger charge is -2.10. The number of aromatic nitrogens is 2. The highest BCUT2D eigenvalue weighted by Gasteiger charge is 2.10. The van der Waals surface area contributed by atoms with Crippen molar-refractivity contribution in [2.75, 3.05) is 11.1 Å². The Labute approximate surface area is 163 Å². The minimum absolute atomic E-state index is 0.0944. The summed E-state index contributed by atoms with van der Waals surface area (Å²) in [6.45, 7) is 4.13. The summed E-state index contributed by atoms with van der Waals surface area (Å²) in [7, 11) is 0. The van der Waals surface area contributed by atoms with E-state index >= 15 is 0 Å². The van der Waals surface area contributed by atoms with Gasteiger partial charge in [-0.2, -0.15) is 5.26 Å². The number of rotatable bonds is 6. The first kappa shape index (κ1) is 18.7. The molecule has 0 atom stereocenters. The zero-order valence-corrected chi connectivity index (χ0v) is 16.1. The van der Waals surface area contributed by atoms with Gasteiger partial charge in [-0.3, -0.25) is 9.36 Å². The Morgan fingerprint density at radius 1 is 1.19 bits per heavy atom. The molecule has 0 saturated carbocycles. The molecule has 0 unspecified atom stereocenters. The molecule has 0 aliphatic heterocycles. The molecule has 3 rings (SSSR count). The minimum Gasteiger partial charge on any atom is -0.325 e. The molecule has 27 heavy (non-hydrogen) atoms. The number of anilines is 1. The molecule has 0 spiro atoms. The molecule has 0 bridgehead atoms. The van der Waals surface area contributed by atoms with Gasteiger partial charge in [0.2, 0.25) is 5.91 Å². The molecular formula is C21H20N4OS. The molecule has 5 nitrogen and oxygen atoms in total. The Balaban J connectivity index is 1.63. The highest BCUT2D eigenvalue weighted by Crippen LogP contribution is 2.22. The third kappa shape index (κ3) is 4.99. The maximum atomic E-state index is 12.3. The van der Waals surface area contributed by atoms with E-state index in [2.05, 4.69) is 48.4 Å². The number of nitrogens with zero attached hydrogens (tertiary/aromatic N) is 3. The number of imidazole rings is 1. The van der Waals surface area contributed by atoms with Crippen LogP contribution in [0.25, 0.3) is 5.69 Å². The second-order valence-electron chi connectivity index (χ2n) is 6.29. The number of carbonyl (C=O) groups excluding carboxylic acids is 1. The number of benzene rings is 2. The Kier molecular flexibility index (Phi) is 5.94. The van der Waals surface area contributed by atoms with E-state index < -0.39 is 0 Å². The number of hydrogen-bond acceptors (Lipinski definition) is 4. The van der Waals surface area contributed by atoms with E-state index in [4.69, 9.17) is 5.26 Å². The molecule has 6 heteroatoms. The fourth-order valence-corrected chi connectivity index (χ4v) is 3.58. The second kappa shape index (κ2) is 8.56. The van der Waals surface area contributed by atoms with E-state index in [1.165, 1.54) is 22.9 Å². The number of amides is 1. The van der Waals surface area contributed by atoms with E-state index in [1.807, 2.05) is 35.0 Å². The third-order valence-corrected chi connectivity index (χ3v) is 4.91. The van der Waals surface area contributed by atoms with Crippen LogP contribution in [0, 0.1) is 25.2 Å². The Hall–Kier alpha value is -3.04. The summed E-state index contributed by atoms with van der Waals surface area (Å²) in [5.74, 6) is 0.171. The largest absolute Gasteiger partial charge is 0.325 e. The first-order valence-corrected chi connectivity index (χ1v) is 9.54. The van der Waals surface area contributed by atoms with Crippen molar-refractivity contribution in [2.45, 2.75) is 25.4 Å². The molecule has 1 aromatic heterocycles. The third-order valence-electron chi connectivity index (χ3n) is 3.94. The summed E-state index contributed by atoms with van der Waals surface area (Å²) in [5, 5.41) is 12.3. The van der Waals surface area contributed by atoms with Crippen LogP contribution in [0.3, 0.4) is 0 Å². The molecule has 1 heterocycles. The van der Waals surface area contributed by atoms with Crippen molar-refractivity contribution in [3.63, 3.8) is 0 Å². The monoisotopic (exact) mass is 376 g/mol. The molecule has 136 valence electrons. The molecular weight excluding hydrogens is 356 g/mol. The topological polar surface area (TPSA) is 70.7 Å². The van der Waals surface area contributed by atoms with Crippen molar-refractivity contribution in [3.8, 4) is 11.8 Å². The lowest BCUT2D eigenvalue weighted by Crippen LogP contribution is -2.14. The van der Waals surface area contributed by atoms with Gasteiger partial charge in [-0.15, -0.1) is 0 Å². The summed E-state index contributed by atoms with van der Waals surface area (Å²) in [6, 6.07) is 15.7. The molecule has 0 aliphatic rings. The van der Waals surface area contributed by atoms with Crippen molar-refractivity contribution in [2.24, 2.45) is 0 Å². The van der Waals surface area contributed by atoms with Gasteiger partial charge in [-0.1, -0.05) is 30.0 Å². The predicted molar refractivity (Wildman–Crippen MR) is 108 cm³/mol. The maximum absolute atomic E-state index is 12.3. The van der Waals surface area contributed by atoms with Crippen molar-refractivity contribution in [3.05, 3.63) is 71.5 Å². The van der Waals surface area contributed by atoms with E-state index in [0.29, 0.717) is 6.42 Å². The quantitative estimate of drug-likeness (QED) is 0.652. The summed E-state index contributed by atoms with van der Waals surface area (Å²) in [6.07, 6.45) is 4.01. The Morgan fingerprint density at radius 3 is 2.56 bits per heavy atom. The van der Waals surface area contributed by atoms with E-state index in [9.17, 15) is 4.79 Å². The summed E-state index contributed by atoms with van der Waals surface area (Å²) < 4.78 is 1.99. The van der Waals surface area contributed by atoms with Gasteiger partial charge in [0.15, 0.2) is 5.16 Å². The lowest BCUT2D eigenvalue weighted by atomic mass is 10.1. The number of hydrogen-bond donors (Lipinski definition) is 1. The molecule has 2 aromatic carbocycles. The summed E-state index contributed by atoms with van der Waals surface area (Å²) >= 11 is 1.40. The van der Waals surface area contributed by atoms with Crippen LogP contribution in [0.2, 0.25) is 0 Å². The van der Waals surface area contributed by atoms with Gasteiger partial charge in [-0.25, -0.2) is 4.98 Å². The van der Waals surface area contributed by atoms with Gasteiger partial charge >= 0.3 is 0 Å². The fourth-order valence-electron chi connectivity index (χ4n) is 2.81. The van der Waals surface area contributed by atoms with E-state index in [0.717, 1.165) is 22.1 Å². The van der Waals surface area contributed by atoms with Gasteiger partial charge in [0, 0.05) is 23.8 Å². The number of aryl methyl sites for hydroxylation is 2. The normalized spacial score (nSPS) is 10.4. The molecule has 0 aliphatic carbocycles. The van der Waals surface area contributed by atoms with Gasteiger partial charge in [0.1, 0.15) is 0 Å². The molecule has 3 aromatic rings. The zero-order chi connectivity index (χ0) is 19.2. The van der Waals surface area contributed by atoms with Crippen LogP contribution in [0.5, 0.6) is 0 Å². The standard InChI is InChI=1S/C21H20N4OS/c1-15-11-16(2)13-19(12-15)25-10-9-23-21(25)27-14-20(26)24-18-5-3-17(4-6-18)7-8-22/h3-6,9-13H,7,14H2,1-2H3,(H,24,26). The van der Waals surface area contributed by atoms with Crippen molar-refractivity contribution in [1.82, 2.24) is 9.55 Å². The highest BCUT2D eigenvalue weighted by atomic mass is 32.2. The van der Waals surface area contributed by atoms with Crippen molar-refractivity contribution in [1.29, 1.82) is 5.26 Å². The van der Waals surface area contributed by atoms with Crippen LogP contribution in [-0.2, 0) is 11.2 Å². The summed E-state index contributed by atoms with van der Waals surface area (Å²) in [4.78, 5) is 16.6. The minimum atomic E-state index is -0.0944. The maximum Gasteiger partial charge on any atom is 0.234 e. The van der Waals surface area contributed by atoms with Crippen LogP contribution in [-0.4, -0.2) is 21.2 Å². The van der Waals surface area contributed by atoms with Crippen LogP contribution >= 0.6 is 11.8 Å². The number of nitrogens with one attached hydrogen (secondary N) is 1. The molecule has 1 N–H and O–H groups in total. The number of thioether (sulfide) groups is 1. The van der Waals surface area contributed by atoms with Crippen LogP contribution in [0.4, 0.5) is 5.69 Å². The van der Waals surface area contributed by atoms with Gasteiger partial charge in [-0.05, 0) is 54.8 Å². The fraction of sp³-hybridized carbons (Fsp3) is 0.190. The first-order chi connectivity index (χ1) is 13.0. The predicted octanol–water partition coefficient (Wildman–Crippen LogP) is 4.29. The van der Waals surface area contributed by atoms with Gasteiger partial charge < -0.3 is 5.32 Å². The van der Waals surface area contributed by atoms with Crippen LogP contribution in [0.15, 0.2) is 60.0 Å². The number of nitriles is 1. The van der Waals surface area contributed by atoms with Crippen LogP contribution in [0.1, 0.15) is 16.7 Å². The molecule has 0 radical (unpaired) electrons. The van der Waals surface area contributed by atoms with Gasteiger partial charge in [0.05, 0.1) is 18.2 Å². The molecule has 1 amide bonds. The first-order valence-electron chi connectivity index (χ1n) is 8.56. The molecule has 0 fully saturated rings. The lowest BCUT2D eigenvalue weighted by molar-refractivity contribution is -0.113. The Bertz CT molecular complexity index is 966. The Morgan fingerprint density at radius 2 is 1.89 bits per heavy atom. The highest BCUT2D eigenvalue weighted by molar-refractivity contribution is 7.99. The number of carbonyl (C=O) groups is 1. The zero-order valence-electron chi connectivity index (χ0n) is 15.3. The molecule has 0 saturated heterocycles.